The number of carboxylic acid groups (broad SMARTS) is 1. The summed E-state index contributed by atoms with van der Waals surface area (Å²) in [5.74, 6) is -0.965. The number of carboxylic acids is 1. The van der Waals surface area contributed by atoms with Crippen molar-refractivity contribution in [3.63, 3.8) is 0 Å². The lowest BCUT2D eigenvalue weighted by Crippen LogP contribution is -2.32. The van der Waals surface area contributed by atoms with Gasteiger partial charge >= 0.3 is 5.97 Å². The molecule has 2 aromatic rings. The summed E-state index contributed by atoms with van der Waals surface area (Å²) in [6, 6.07) is 5.30. The number of hydrogen-bond donors (Lipinski definition) is 1. The predicted molar refractivity (Wildman–Crippen MR) is 82.0 cm³/mol. The largest absolute Gasteiger partial charge is 0.478 e. The summed E-state index contributed by atoms with van der Waals surface area (Å²) in [5.41, 5.74) is 1.40. The van der Waals surface area contributed by atoms with Gasteiger partial charge in [-0.25, -0.2) is 4.79 Å². The Hall–Kier alpha value is -2.08. The van der Waals surface area contributed by atoms with Crippen molar-refractivity contribution < 1.29 is 14.3 Å². The van der Waals surface area contributed by atoms with Crippen molar-refractivity contribution in [2.75, 3.05) is 38.6 Å². The Kier molecular flexibility index (Phi) is 4.80. The van der Waals surface area contributed by atoms with Gasteiger partial charge in [0.1, 0.15) is 5.52 Å². The molecule has 1 aromatic heterocycles. The Morgan fingerprint density at radius 1 is 1.29 bits per heavy atom. The van der Waals surface area contributed by atoms with E-state index in [1.165, 1.54) is 6.07 Å². The molecule has 21 heavy (non-hydrogen) atoms. The molecular weight excluding hydrogens is 270 g/mol. The van der Waals surface area contributed by atoms with E-state index in [1.54, 1.807) is 12.1 Å². The summed E-state index contributed by atoms with van der Waals surface area (Å²) in [6.45, 7) is 4.68. The van der Waals surface area contributed by atoms with Gasteiger partial charge in [-0.2, -0.15) is 4.98 Å². The highest BCUT2D eigenvalue weighted by Crippen LogP contribution is 2.23. The van der Waals surface area contributed by atoms with Crippen molar-refractivity contribution in [1.82, 2.24) is 9.88 Å². The van der Waals surface area contributed by atoms with Gasteiger partial charge in [0.05, 0.1) is 5.56 Å². The second kappa shape index (κ2) is 6.58. The highest BCUT2D eigenvalue weighted by molar-refractivity contribution is 5.92. The van der Waals surface area contributed by atoms with E-state index in [0.717, 1.165) is 26.1 Å². The van der Waals surface area contributed by atoms with E-state index in [2.05, 4.69) is 21.7 Å². The van der Waals surface area contributed by atoms with Gasteiger partial charge in [0, 0.05) is 19.6 Å². The topological polar surface area (TPSA) is 69.8 Å². The van der Waals surface area contributed by atoms with Crippen LogP contribution < -0.4 is 4.90 Å². The minimum atomic E-state index is -0.965. The molecule has 6 nitrogen and oxygen atoms in total. The van der Waals surface area contributed by atoms with Crippen LogP contribution in [0.25, 0.3) is 11.1 Å². The fourth-order valence-corrected chi connectivity index (χ4v) is 2.07. The molecule has 1 N–H and O–H groups in total. The standard InChI is InChI=1S/C15H21N3O3/c1-4-7-18(9-8-17(2)3)15-16-12-6-5-11(14(19)20)10-13(12)21-15/h5-6,10H,4,7-9H2,1-3H3,(H,19,20). The molecule has 0 aliphatic heterocycles. The van der Waals surface area contributed by atoms with Crippen molar-refractivity contribution in [3.05, 3.63) is 23.8 Å². The van der Waals surface area contributed by atoms with Gasteiger partial charge in [-0.15, -0.1) is 0 Å². The Morgan fingerprint density at radius 2 is 2.05 bits per heavy atom. The molecule has 6 heteroatoms. The fourth-order valence-electron chi connectivity index (χ4n) is 2.07. The van der Waals surface area contributed by atoms with Crippen LogP contribution in [-0.4, -0.2) is 54.7 Å². The molecule has 0 atom stereocenters. The van der Waals surface area contributed by atoms with E-state index in [4.69, 9.17) is 9.52 Å². The van der Waals surface area contributed by atoms with Crippen LogP contribution >= 0.6 is 0 Å². The molecule has 114 valence electrons. The number of rotatable bonds is 7. The smallest absolute Gasteiger partial charge is 0.335 e. The van der Waals surface area contributed by atoms with Gasteiger partial charge in [0.25, 0.3) is 6.01 Å². The van der Waals surface area contributed by atoms with Crippen LogP contribution in [0.3, 0.4) is 0 Å². The van der Waals surface area contributed by atoms with Crippen LogP contribution in [-0.2, 0) is 0 Å². The highest BCUT2D eigenvalue weighted by atomic mass is 16.4. The second-order valence-electron chi connectivity index (χ2n) is 5.27. The molecule has 0 radical (unpaired) electrons. The third-order valence-electron chi connectivity index (χ3n) is 3.21. The number of anilines is 1. The lowest BCUT2D eigenvalue weighted by Gasteiger charge is -2.21. The first-order valence-corrected chi connectivity index (χ1v) is 7.05. The van der Waals surface area contributed by atoms with Crippen molar-refractivity contribution in [2.24, 2.45) is 0 Å². The molecule has 0 saturated carbocycles. The monoisotopic (exact) mass is 291 g/mol. The minimum absolute atomic E-state index is 0.209. The van der Waals surface area contributed by atoms with Crippen molar-refractivity contribution in [2.45, 2.75) is 13.3 Å². The maximum atomic E-state index is 11.0. The Balaban J connectivity index is 2.27. The maximum absolute atomic E-state index is 11.0. The second-order valence-corrected chi connectivity index (χ2v) is 5.27. The predicted octanol–water partition coefficient (Wildman–Crippen LogP) is 2.30. The summed E-state index contributed by atoms with van der Waals surface area (Å²) < 4.78 is 5.74. The molecule has 2 rings (SSSR count). The Labute approximate surface area is 124 Å². The average molecular weight is 291 g/mol. The van der Waals surface area contributed by atoms with E-state index in [0.29, 0.717) is 17.1 Å². The van der Waals surface area contributed by atoms with Gasteiger partial charge < -0.3 is 19.3 Å². The van der Waals surface area contributed by atoms with Crippen LogP contribution in [0.4, 0.5) is 6.01 Å². The van der Waals surface area contributed by atoms with Crippen LogP contribution in [0.2, 0.25) is 0 Å². The molecule has 0 spiro atoms. The van der Waals surface area contributed by atoms with Crippen LogP contribution in [0.5, 0.6) is 0 Å². The third-order valence-corrected chi connectivity index (χ3v) is 3.21. The highest BCUT2D eigenvalue weighted by Gasteiger charge is 2.15. The number of nitrogens with zero attached hydrogens (tertiary/aromatic N) is 3. The number of likely N-dealkylation sites (N-methyl/N-ethyl adjacent to an activating group) is 1. The lowest BCUT2D eigenvalue weighted by molar-refractivity contribution is 0.0697. The van der Waals surface area contributed by atoms with Gasteiger partial charge in [-0.05, 0) is 38.7 Å². The zero-order chi connectivity index (χ0) is 15.4. The number of benzene rings is 1. The molecule has 1 aromatic carbocycles. The zero-order valence-electron chi connectivity index (χ0n) is 12.7. The molecule has 0 fully saturated rings. The van der Waals surface area contributed by atoms with Crippen molar-refractivity contribution >= 4 is 23.1 Å². The van der Waals surface area contributed by atoms with Crippen LogP contribution in [0, 0.1) is 0 Å². The van der Waals surface area contributed by atoms with E-state index < -0.39 is 5.97 Å². The summed E-state index contributed by atoms with van der Waals surface area (Å²) in [4.78, 5) is 19.6. The lowest BCUT2D eigenvalue weighted by atomic mass is 10.2. The van der Waals surface area contributed by atoms with Crippen LogP contribution in [0.15, 0.2) is 22.6 Å². The number of hydrogen-bond acceptors (Lipinski definition) is 5. The number of carbonyl (C=O) groups is 1. The summed E-state index contributed by atoms with van der Waals surface area (Å²) in [5, 5.41) is 9.01. The summed E-state index contributed by atoms with van der Waals surface area (Å²) in [6.07, 6.45) is 0.993. The third kappa shape index (κ3) is 3.72. The average Bonchev–Trinajstić information content (AvgIpc) is 2.85. The molecule has 1 heterocycles. The van der Waals surface area contributed by atoms with E-state index >= 15 is 0 Å². The van der Waals surface area contributed by atoms with Crippen molar-refractivity contribution in [1.29, 1.82) is 0 Å². The molecule has 0 amide bonds. The molecule has 0 unspecified atom stereocenters. The number of aromatic carboxylic acids is 1. The number of fused-ring (bicyclic) bond motifs is 1. The molecular formula is C15H21N3O3. The first kappa shape index (κ1) is 15.3. The maximum Gasteiger partial charge on any atom is 0.335 e. The quantitative estimate of drug-likeness (QED) is 0.844. The molecule has 0 aliphatic rings. The Morgan fingerprint density at radius 3 is 2.67 bits per heavy atom. The zero-order valence-corrected chi connectivity index (χ0v) is 12.7. The number of aromatic nitrogens is 1. The fraction of sp³-hybridized carbons (Fsp3) is 0.467. The SMILES string of the molecule is CCCN(CCN(C)C)c1nc2ccc(C(=O)O)cc2o1. The van der Waals surface area contributed by atoms with Crippen LogP contribution in [0.1, 0.15) is 23.7 Å². The van der Waals surface area contributed by atoms with E-state index in [1.807, 2.05) is 14.1 Å². The van der Waals surface area contributed by atoms with Gasteiger partial charge in [-0.3, -0.25) is 0 Å². The number of oxazole rings is 1. The molecule has 0 saturated heterocycles. The first-order valence-electron chi connectivity index (χ1n) is 7.05. The minimum Gasteiger partial charge on any atom is -0.478 e. The Bertz CT molecular complexity index is 622. The molecule has 0 bridgehead atoms. The van der Waals surface area contributed by atoms with Gasteiger partial charge in [0.15, 0.2) is 5.58 Å². The summed E-state index contributed by atoms with van der Waals surface area (Å²) in [7, 11) is 4.05. The van der Waals surface area contributed by atoms with E-state index in [-0.39, 0.29) is 5.56 Å². The molecule has 0 aliphatic carbocycles. The van der Waals surface area contributed by atoms with Crippen molar-refractivity contribution in [3.8, 4) is 0 Å². The van der Waals surface area contributed by atoms with Gasteiger partial charge in [0.2, 0.25) is 0 Å². The normalized spacial score (nSPS) is 11.2. The van der Waals surface area contributed by atoms with E-state index in [9.17, 15) is 4.79 Å². The first-order chi connectivity index (χ1) is 10.0. The summed E-state index contributed by atoms with van der Waals surface area (Å²) >= 11 is 0. The van der Waals surface area contributed by atoms with Gasteiger partial charge in [-0.1, -0.05) is 6.92 Å².